The highest BCUT2D eigenvalue weighted by Gasteiger charge is 2.33. The van der Waals surface area contributed by atoms with Crippen molar-refractivity contribution in [3.05, 3.63) is 57.9 Å². The van der Waals surface area contributed by atoms with E-state index in [1.165, 1.54) is 22.5 Å². The number of rotatable bonds is 4. The van der Waals surface area contributed by atoms with Crippen molar-refractivity contribution in [2.75, 3.05) is 13.1 Å². The summed E-state index contributed by atoms with van der Waals surface area (Å²) >= 11 is 9.29. The van der Waals surface area contributed by atoms with Crippen molar-refractivity contribution in [3.63, 3.8) is 0 Å². The lowest BCUT2D eigenvalue weighted by molar-refractivity contribution is 0.189. The fourth-order valence-electron chi connectivity index (χ4n) is 3.19. The molecule has 0 bridgehead atoms. The molecule has 0 aliphatic carbocycles. The van der Waals surface area contributed by atoms with Gasteiger partial charge in [-0.05, 0) is 52.7 Å². The molecular weight excluding hydrogens is 485 g/mol. The molecule has 1 aliphatic rings. The molecule has 1 fully saturated rings. The van der Waals surface area contributed by atoms with Crippen LogP contribution in [0.5, 0.6) is 0 Å². The number of imidazole rings is 1. The van der Waals surface area contributed by atoms with Crippen LogP contribution in [0, 0.1) is 5.82 Å². The van der Waals surface area contributed by atoms with Crippen LogP contribution in [0.25, 0.3) is 22.6 Å². The van der Waals surface area contributed by atoms with Gasteiger partial charge in [0.15, 0.2) is 0 Å². The predicted octanol–water partition coefficient (Wildman–Crippen LogP) is 4.05. The molecule has 0 unspecified atom stereocenters. The lowest BCUT2D eigenvalue weighted by Crippen LogP contribution is -2.30. The number of aromatic nitrogens is 2. The lowest BCUT2D eigenvalue weighted by atomic mass is 10.2. The second-order valence-electron chi connectivity index (χ2n) is 6.73. The smallest absolute Gasteiger partial charge is 0.244 e. The first kappa shape index (κ1) is 20.5. The summed E-state index contributed by atoms with van der Waals surface area (Å²) in [4.78, 5) is 7.34. The number of β-amino-alcohol motifs (C(OH)–C–C–N with tert-alkyl or cyclic N) is 1. The van der Waals surface area contributed by atoms with Crippen molar-refractivity contribution >= 4 is 37.6 Å². The average Bonchev–Trinajstić information content (AvgIpc) is 3.34. The van der Waals surface area contributed by atoms with Crippen LogP contribution in [0.15, 0.2) is 52.0 Å². The zero-order valence-electron chi connectivity index (χ0n) is 14.9. The monoisotopic (exact) mass is 499 g/mol. The number of hydrogen-bond donors (Lipinski definition) is 2. The molecule has 1 aliphatic heterocycles. The van der Waals surface area contributed by atoms with E-state index < -0.39 is 21.9 Å². The van der Waals surface area contributed by atoms with Crippen molar-refractivity contribution in [2.45, 2.75) is 17.4 Å². The van der Waals surface area contributed by atoms with Crippen LogP contribution in [-0.4, -0.2) is 47.0 Å². The SMILES string of the molecule is O=S(=O)(c1cc(-c2ncc(-c3ccc(Br)c(F)c3)[nH]2)ccc1Cl)N1CC[C@H](O)C1. The number of aromatic amines is 1. The van der Waals surface area contributed by atoms with Crippen LogP contribution in [0.2, 0.25) is 5.02 Å². The van der Waals surface area contributed by atoms with Crippen LogP contribution >= 0.6 is 27.5 Å². The van der Waals surface area contributed by atoms with Gasteiger partial charge in [-0.1, -0.05) is 17.7 Å². The summed E-state index contributed by atoms with van der Waals surface area (Å²) in [5, 5.41) is 9.77. The Labute approximate surface area is 180 Å². The summed E-state index contributed by atoms with van der Waals surface area (Å²) < 4.78 is 41.3. The number of nitrogens with one attached hydrogen (secondary N) is 1. The van der Waals surface area contributed by atoms with E-state index in [1.54, 1.807) is 24.4 Å². The van der Waals surface area contributed by atoms with Gasteiger partial charge >= 0.3 is 0 Å². The molecule has 2 N–H and O–H groups in total. The number of halogens is 3. The van der Waals surface area contributed by atoms with Crippen molar-refractivity contribution in [1.29, 1.82) is 0 Å². The summed E-state index contributed by atoms with van der Waals surface area (Å²) in [5.74, 6) is 0.0317. The minimum absolute atomic E-state index is 0.0431. The van der Waals surface area contributed by atoms with E-state index in [2.05, 4.69) is 25.9 Å². The van der Waals surface area contributed by atoms with Crippen LogP contribution < -0.4 is 0 Å². The van der Waals surface area contributed by atoms with Crippen molar-refractivity contribution < 1.29 is 17.9 Å². The fourth-order valence-corrected chi connectivity index (χ4v) is 5.43. The molecule has 0 spiro atoms. The normalized spacial score (nSPS) is 17.7. The lowest BCUT2D eigenvalue weighted by Gasteiger charge is -2.17. The molecule has 4 rings (SSSR count). The first-order chi connectivity index (χ1) is 13.8. The van der Waals surface area contributed by atoms with Crippen LogP contribution in [0.3, 0.4) is 0 Å². The van der Waals surface area contributed by atoms with Gasteiger partial charge < -0.3 is 10.1 Å². The number of sulfonamides is 1. The maximum Gasteiger partial charge on any atom is 0.244 e. The summed E-state index contributed by atoms with van der Waals surface area (Å²) in [6, 6.07) is 9.32. The average molecular weight is 501 g/mol. The summed E-state index contributed by atoms with van der Waals surface area (Å²) in [6.45, 7) is 0.285. The third kappa shape index (κ3) is 3.97. The fraction of sp³-hybridized carbons (Fsp3) is 0.211. The molecule has 1 aromatic heterocycles. The summed E-state index contributed by atoms with van der Waals surface area (Å²) in [7, 11) is -3.84. The zero-order valence-corrected chi connectivity index (χ0v) is 18.1. The van der Waals surface area contributed by atoms with Gasteiger partial charge in [-0.3, -0.25) is 0 Å². The molecule has 6 nitrogen and oxygen atoms in total. The third-order valence-electron chi connectivity index (χ3n) is 4.75. The highest BCUT2D eigenvalue weighted by atomic mass is 79.9. The Hall–Kier alpha value is -1.78. The molecule has 2 aromatic carbocycles. The zero-order chi connectivity index (χ0) is 20.8. The van der Waals surface area contributed by atoms with E-state index in [-0.39, 0.29) is 23.0 Å². The second-order valence-corrected chi connectivity index (χ2v) is 9.89. The van der Waals surface area contributed by atoms with Gasteiger partial charge in [0.1, 0.15) is 16.5 Å². The van der Waals surface area contributed by atoms with Gasteiger partial charge in [-0.25, -0.2) is 17.8 Å². The molecule has 1 atom stereocenters. The van der Waals surface area contributed by atoms with E-state index in [1.807, 2.05) is 0 Å². The molecular formula is C19H16BrClFN3O3S. The Kier molecular flexibility index (Phi) is 5.52. The second kappa shape index (κ2) is 7.81. The van der Waals surface area contributed by atoms with Crippen molar-refractivity contribution in [1.82, 2.24) is 14.3 Å². The van der Waals surface area contributed by atoms with E-state index >= 15 is 0 Å². The first-order valence-corrected chi connectivity index (χ1v) is 11.4. The Balaban J connectivity index is 1.69. The van der Waals surface area contributed by atoms with Crippen LogP contribution in [0.1, 0.15) is 6.42 Å². The number of benzene rings is 2. The van der Waals surface area contributed by atoms with Gasteiger partial charge in [0, 0.05) is 24.2 Å². The molecule has 0 saturated carbocycles. The number of aliphatic hydroxyl groups excluding tert-OH is 1. The van der Waals surface area contributed by atoms with Crippen molar-refractivity contribution in [2.24, 2.45) is 0 Å². The molecule has 152 valence electrons. The summed E-state index contributed by atoms with van der Waals surface area (Å²) in [6.07, 6.45) is 1.27. The van der Waals surface area contributed by atoms with Gasteiger partial charge in [0.25, 0.3) is 0 Å². The number of nitrogens with zero attached hydrogens (tertiary/aromatic N) is 2. The van der Waals surface area contributed by atoms with E-state index in [0.717, 1.165) is 0 Å². The van der Waals surface area contributed by atoms with Gasteiger partial charge in [0.05, 0.1) is 27.5 Å². The predicted molar refractivity (Wildman–Crippen MR) is 112 cm³/mol. The number of H-pyrrole nitrogens is 1. The van der Waals surface area contributed by atoms with Gasteiger partial charge in [-0.2, -0.15) is 4.31 Å². The largest absolute Gasteiger partial charge is 0.392 e. The third-order valence-corrected chi connectivity index (χ3v) is 7.74. The summed E-state index contributed by atoms with van der Waals surface area (Å²) in [5.41, 5.74) is 1.72. The minimum atomic E-state index is -3.84. The maximum absolute atomic E-state index is 13.8. The van der Waals surface area contributed by atoms with Gasteiger partial charge in [-0.15, -0.1) is 0 Å². The molecule has 0 radical (unpaired) electrons. The number of aliphatic hydroxyl groups is 1. The topological polar surface area (TPSA) is 86.3 Å². The Morgan fingerprint density at radius 1 is 1.24 bits per heavy atom. The molecule has 3 aromatic rings. The van der Waals surface area contributed by atoms with Crippen LogP contribution in [0.4, 0.5) is 4.39 Å². The van der Waals surface area contributed by atoms with Crippen molar-refractivity contribution in [3.8, 4) is 22.6 Å². The standard InChI is InChI=1S/C19H16BrClFN3O3S/c20-14-3-1-11(7-16(14)22)17-9-23-19(24-17)12-2-4-15(21)18(8-12)29(27,28)25-6-5-13(26)10-25/h1-4,7-9,13,26H,5-6,10H2,(H,23,24)/t13-/m0/s1. The number of hydrogen-bond acceptors (Lipinski definition) is 4. The van der Waals surface area contributed by atoms with E-state index in [9.17, 15) is 17.9 Å². The van der Waals surface area contributed by atoms with E-state index in [0.29, 0.717) is 33.5 Å². The molecule has 10 heteroatoms. The highest BCUT2D eigenvalue weighted by Crippen LogP contribution is 2.32. The van der Waals surface area contributed by atoms with Gasteiger partial charge in [0.2, 0.25) is 10.0 Å². The molecule has 2 heterocycles. The molecule has 29 heavy (non-hydrogen) atoms. The Morgan fingerprint density at radius 3 is 2.69 bits per heavy atom. The first-order valence-electron chi connectivity index (χ1n) is 8.74. The van der Waals surface area contributed by atoms with Crippen LogP contribution in [-0.2, 0) is 10.0 Å². The Morgan fingerprint density at radius 2 is 2.00 bits per heavy atom. The highest BCUT2D eigenvalue weighted by molar-refractivity contribution is 9.10. The quantitative estimate of drug-likeness (QED) is 0.566. The van der Waals surface area contributed by atoms with E-state index in [4.69, 9.17) is 11.6 Å². The molecule has 0 amide bonds. The molecule has 1 saturated heterocycles. The Bertz CT molecular complexity index is 1190. The maximum atomic E-state index is 13.8. The minimum Gasteiger partial charge on any atom is -0.392 e.